The molecule has 0 saturated heterocycles. The average molecular weight is 313 g/mol. The summed E-state index contributed by atoms with van der Waals surface area (Å²) < 4.78 is 0. The molecule has 0 aliphatic heterocycles. The van der Waals surface area contributed by atoms with Gasteiger partial charge in [-0.3, -0.25) is 0 Å². The van der Waals surface area contributed by atoms with Gasteiger partial charge in [-0.25, -0.2) is 0 Å². The average Bonchev–Trinajstić information content (AvgIpc) is 2.52. The predicted octanol–water partition coefficient (Wildman–Crippen LogP) is 5.57. The molecule has 22 heavy (non-hydrogen) atoms. The van der Waals surface area contributed by atoms with E-state index < -0.39 is 0 Å². The van der Waals surface area contributed by atoms with Gasteiger partial charge in [0.1, 0.15) is 0 Å². The first kappa shape index (κ1) is 21.9. The van der Waals surface area contributed by atoms with Crippen LogP contribution in [0.1, 0.15) is 90.9 Å². The van der Waals surface area contributed by atoms with Gasteiger partial charge >= 0.3 is 0 Å². The molecule has 0 saturated carbocycles. The van der Waals surface area contributed by atoms with E-state index in [0.717, 1.165) is 0 Å². The number of nitrogens with zero attached hydrogens (tertiary/aromatic N) is 2. The van der Waals surface area contributed by atoms with Gasteiger partial charge in [0.2, 0.25) is 0 Å². The summed E-state index contributed by atoms with van der Waals surface area (Å²) in [7, 11) is 4.56. The van der Waals surface area contributed by atoms with E-state index >= 15 is 0 Å². The van der Waals surface area contributed by atoms with Crippen molar-refractivity contribution in [2.75, 3.05) is 40.3 Å². The Morgan fingerprint density at radius 1 is 0.409 bits per heavy atom. The van der Waals surface area contributed by atoms with Crippen LogP contribution in [0.4, 0.5) is 0 Å². The standard InChI is InChI=1S/C20H44N2/c1-5-7-9-11-13-15-17-21(3)19-20-22(4)18-16-14-12-10-8-6-2/h5-20H2,1-4H3. The van der Waals surface area contributed by atoms with E-state index in [4.69, 9.17) is 0 Å². The minimum absolute atomic E-state index is 1.22. The summed E-state index contributed by atoms with van der Waals surface area (Å²) in [5.74, 6) is 0. The SMILES string of the molecule is CCCCCCCCN(C)CCN(C)CCCCCCCC. The van der Waals surface area contributed by atoms with Crippen LogP contribution in [-0.2, 0) is 0 Å². The summed E-state index contributed by atoms with van der Waals surface area (Å²) in [6.07, 6.45) is 16.8. The second kappa shape index (κ2) is 17.3. The molecule has 0 aromatic carbocycles. The van der Waals surface area contributed by atoms with E-state index in [1.807, 2.05) is 0 Å². The summed E-state index contributed by atoms with van der Waals surface area (Å²) in [4.78, 5) is 5.02. The first-order chi connectivity index (χ1) is 10.7. The Kier molecular flexibility index (Phi) is 17.2. The minimum atomic E-state index is 1.22. The quantitative estimate of drug-likeness (QED) is 0.324. The zero-order valence-corrected chi connectivity index (χ0v) is 16.2. The molecule has 0 amide bonds. The number of hydrogen-bond acceptors (Lipinski definition) is 2. The highest BCUT2D eigenvalue weighted by Crippen LogP contribution is 2.06. The lowest BCUT2D eigenvalue weighted by Crippen LogP contribution is -2.32. The summed E-state index contributed by atoms with van der Waals surface area (Å²) >= 11 is 0. The van der Waals surface area contributed by atoms with Crippen LogP contribution in [0.2, 0.25) is 0 Å². The van der Waals surface area contributed by atoms with Crippen molar-refractivity contribution in [2.24, 2.45) is 0 Å². The Hall–Kier alpha value is -0.0800. The van der Waals surface area contributed by atoms with Gasteiger partial charge in [0.25, 0.3) is 0 Å². The van der Waals surface area contributed by atoms with Gasteiger partial charge in [0.05, 0.1) is 0 Å². The number of hydrogen-bond donors (Lipinski definition) is 0. The molecule has 0 rings (SSSR count). The van der Waals surface area contributed by atoms with Crippen LogP contribution in [0.5, 0.6) is 0 Å². The lowest BCUT2D eigenvalue weighted by Gasteiger charge is -2.22. The van der Waals surface area contributed by atoms with Crippen molar-refractivity contribution in [1.82, 2.24) is 9.80 Å². The van der Waals surface area contributed by atoms with E-state index in [9.17, 15) is 0 Å². The van der Waals surface area contributed by atoms with Gasteiger partial charge in [0.15, 0.2) is 0 Å². The molecular weight excluding hydrogens is 268 g/mol. The van der Waals surface area contributed by atoms with Crippen LogP contribution in [-0.4, -0.2) is 50.1 Å². The largest absolute Gasteiger partial charge is 0.305 e. The smallest absolute Gasteiger partial charge is 0.0106 e. The van der Waals surface area contributed by atoms with Crippen molar-refractivity contribution >= 4 is 0 Å². The highest BCUT2D eigenvalue weighted by Gasteiger charge is 2.02. The van der Waals surface area contributed by atoms with Crippen molar-refractivity contribution in [1.29, 1.82) is 0 Å². The van der Waals surface area contributed by atoms with Crippen LogP contribution in [0, 0.1) is 0 Å². The lowest BCUT2D eigenvalue weighted by molar-refractivity contribution is 0.249. The topological polar surface area (TPSA) is 6.48 Å². The number of unbranched alkanes of at least 4 members (excludes halogenated alkanes) is 10. The van der Waals surface area contributed by atoms with Crippen LogP contribution >= 0.6 is 0 Å². The minimum Gasteiger partial charge on any atom is -0.305 e. The van der Waals surface area contributed by atoms with E-state index in [2.05, 4.69) is 37.7 Å². The van der Waals surface area contributed by atoms with Gasteiger partial charge in [0, 0.05) is 13.1 Å². The fraction of sp³-hybridized carbons (Fsp3) is 1.00. The molecule has 0 aromatic heterocycles. The third-order valence-corrected chi connectivity index (χ3v) is 4.65. The second-order valence-electron chi connectivity index (χ2n) is 7.14. The molecule has 0 aromatic rings. The van der Waals surface area contributed by atoms with Crippen LogP contribution in [0.25, 0.3) is 0 Å². The Balaban J connectivity index is 3.31. The van der Waals surface area contributed by atoms with E-state index in [-0.39, 0.29) is 0 Å². The maximum atomic E-state index is 2.51. The highest BCUT2D eigenvalue weighted by molar-refractivity contribution is 4.58. The summed E-state index contributed by atoms with van der Waals surface area (Å²) in [6, 6.07) is 0. The van der Waals surface area contributed by atoms with Gasteiger partial charge < -0.3 is 9.80 Å². The Labute approximate surface area is 141 Å². The fourth-order valence-corrected chi connectivity index (χ4v) is 2.89. The molecule has 0 fully saturated rings. The fourth-order valence-electron chi connectivity index (χ4n) is 2.89. The molecule has 0 aliphatic carbocycles. The normalized spacial score (nSPS) is 11.7. The van der Waals surface area contributed by atoms with Crippen LogP contribution < -0.4 is 0 Å². The summed E-state index contributed by atoms with van der Waals surface area (Å²) in [5.41, 5.74) is 0. The molecule has 0 radical (unpaired) electrons. The monoisotopic (exact) mass is 312 g/mol. The van der Waals surface area contributed by atoms with Gasteiger partial charge in [-0.1, -0.05) is 78.1 Å². The maximum absolute atomic E-state index is 2.51. The van der Waals surface area contributed by atoms with E-state index in [0.29, 0.717) is 0 Å². The molecule has 2 nitrogen and oxygen atoms in total. The van der Waals surface area contributed by atoms with Crippen molar-refractivity contribution in [2.45, 2.75) is 90.9 Å². The maximum Gasteiger partial charge on any atom is 0.0106 e. The number of rotatable bonds is 17. The summed E-state index contributed by atoms with van der Waals surface area (Å²) in [6.45, 7) is 9.57. The van der Waals surface area contributed by atoms with Gasteiger partial charge in [-0.2, -0.15) is 0 Å². The molecule has 0 aliphatic rings. The molecule has 0 atom stereocenters. The molecular formula is C20H44N2. The molecule has 0 spiro atoms. The Morgan fingerprint density at radius 3 is 1.09 bits per heavy atom. The third-order valence-electron chi connectivity index (χ3n) is 4.65. The van der Waals surface area contributed by atoms with Gasteiger partial charge in [-0.15, -0.1) is 0 Å². The molecule has 2 heteroatoms. The lowest BCUT2D eigenvalue weighted by atomic mass is 10.1. The van der Waals surface area contributed by atoms with Crippen LogP contribution in [0.3, 0.4) is 0 Å². The Bertz CT molecular complexity index is 184. The molecule has 0 unspecified atom stereocenters. The van der Waals surface area contributed by atoms with Crippen LogP contribution in [0.15, 0.2) is 0 Å². The van der Waals surface area contributed by atoms with Crippen molar-refractivity contribution in [3.63, 3.8) is 0 Å². The molecule has 0 N–H and O–H groups in total. The zero-order chi connectivity index (χ0) is 16.5. The molecule has 134 valence electrons. The van der Waals surface area contributed by atoms with Crippen molar-refractivity contribution in [3.05, 3.63) is 0 Å². The van der Waals surface area contributed by atoms with Crippen molar-refractivity contribution in [3.8, 4) is 0 Å². The zero-order valence-electron chi connectivity index (χ0n) is 16.2. The van der Waals surface area contributed by atoms with E-state index in [1.54, 1.807) is 0 Å². The Morgan fingerprint density at radius 2 is 0.727 bits per heavy atom. The summed E-state index contributed by atoms with van der Waals surface area (Å²) in [5, 5.41) is 0. The highest BCUT2D eigenvalue weighted by atomic mass is 15.2. The number of likely N-dealkylation sites (N-methyl/N-ethyl adjacent to an activating group) is 2. The predicted molar refractivity (Wildman–Crippen MR) is 102 cm³/mol. The first-order valence-electron chi connectivity index (χ1n) is 10.1. The first-order valence-corrected chi connectivity index (χ1v) is 10.1. The molecule has 0 heterocycles. The van der Waals surface area contributed by atoms with Crippen molar-refractivity contribution < 1.29 is 0 Å². The third kappa shape index (κ3) is 16.3. The van der Waals surface area contributed by atoms with E-state index in [1.165, 1.54) is 103 Å². The molecule has 0 bridgehead atoms. The van der Waals surface area contributed by atoms with Gasteiger partial charge in [-0.05, 0) is 40.0 Å². The second-order valence-corrected chi connectivity index (χ2v) is 7.14.